The van der Waals surface area contributed by atoms with Crippen LogP contribution in [0.4, 0.5) is 5.69 Å². The Bertz CT molecular complexity index is 349. The van der Waals surface area contributed by atoms with E-state index in [0.717, 1.165) is 29.5 Å². The lowest BCUT2D eigenvalue weighted by atomic mass is 10.1. The summed E-state index contributed by atoms with van der Waals surface area (Å²) in [5, 5.41) is 0. The summed E-state index contributed by atoms with van der Waals surface area (Å²) in [5.74, 6) is 0. The summed E-state index contributed by atoms with van der Waals surface area (Å²) in [6.45, 7) is 1.98. The lowest BCUT2D eigenvalue weighted by molar-refractivity contribution is -0.104. The van der Waals surface area contributed by atoms with Gasteiger partial charge < -0.3 is 4.90 Å². The van der Waals surface area contributed by atoms with Gasteiger partial charge in [-0.05, 0) is 35.8 Å². The van der Waals surface area contributed by atoms with Crippen molar-refractivity contribution < 1.29 is 4.79 Å². The fourth-order valence-corrected chi connectivity index (χ4v) is 1.30. The topological polar surface area (TPSA) is 20.3 Å². The van der Waals surface area contributed by atoms with Gasteiger partial charge in [0.25, 0.3) is 0 Å². The Labute approximate surface area is 91.2 Å². The van der Waals surface area contributed by atoms with E-state index in [1.807, 2.05) is 56.3 Å². The van der Waals surface area contributed by atoms with Crippen molar-refractivity contribution in [1.82, 2.24) is 0 Å². The summed E-state index contributed by atoms with van der Waals surface area (Å²) < 4.78 is 0. The molecule has 0 saturated carbocycles. The van der Waals surface area contributed by atoms with Gasteiger partial charge in [-0.25, -0.2) is 0 Å². The maximum atomic E-state index is 10.6. The van der Waals surface area contributed by atoms with E-state index in [4.69, 9.17) is 0 Å². The zero-order chi connectivity index (χ0) is 11.3. The zero-order valence-corrected chi connectivity index (χ0v) is 9.53. The second kappa shape index (κ2) is 5.35. The Kier molecular flexibility index (Phi) is 4.10. The van der Waals surface area contributed by atoms with Crippen LogP contribution in [-0.4, -0.2) is 20.4 Å². The van der Waals surface area contributed by atoms with Crippen LogP contribution in [-0.2, 0) is 4.79 Å². The number of benzene rings is 1. The third-order valence-electron chi connectivity index (χ3n) is 2.32. The molecular weight excluding hydrogens is 186 g/mol. The van der Waals surface area contributed by atoms with Gasteiger partial charge in [-0.2, -0.15) is 0 Å². The molecule has 0 spiro atoms. The molecule has 0 bridgehead atoms. The number of allylic oxidation sites excluding steroid dienone is 1. The molecule has 15 heavy (non-hydrogen) atoms. The predicted molar refractivity (Wildman–Crippen MR) is 65.1 cm³/mol. The van der Waals surface area contributed by atoms with Crippen molar-refractivity contribution in [3.63, 3.8) is 0 Å². The maximum Gasteiger partial charge on any atom is 0.146 e. The largest absolute Gasteiger partial charge is 0.378 e. The van der Waals surface area contributed by atoms with Crippen LogP contribution in [0.5, 0.6) is 0 Å². The Balaban J connectivity index is 2.89. The molecule has 0 aromatic heterocycles. The number of hydrogen-bond donors (Lipinski definition) is 0. The molecule has 0 aliphatic carbocycles. The number of rotatable bonds is 4. The summed E-state index contributed by atoms with van der Waals surface area (Å²) in [6.07, 6.45) is 3.62. The normalized spacial score (nSPS) is 11.3. The molecule has 0 N–H and O–H groups in total. The number of carbonyl (C=O) groups excluding carboxylic acids is 1. The van der Waals surface area contributed by atoms with E-state index < -0.39 is 0 Å². The van der Waals surface area contributed by atoms with E-state index in [0.29, 0.717) is 0 Å². The fraction of sp³-hybridized carbons (Fsp3) is 0.308. The van der Waals surface area contributed by atoms with Crippen molar-refractivity contribution in [3.8, 4) is 0 Å². The third kappa shape index (κ3) is 3.24. The zero-order valence-electron chi connectivity index (χ0n) is 9.53. The van der Waals surface area contributed by atoms with Crippen molar-refractivity contribution >= 4 is 18.0 Å². The van der Waals surface area contributed by atoms with Crippen molar-refractivity contribution in [3.05, 3.63) is 35.4 Å². The molecule has 0 atom stereocenters. The van der Waals surface area contributed by atoms with E-state index >= 15 is 0 Å². The maximum absolute atomic E-state index is 10.6. The molecule has 2 nitrogen and oxygen atoms in total. The Morgan fingerprint density at radius 1 is 1.27 bits per heavy atom. The first kappa shape index (κ1) is 11.5. The average Bonchev–Trinajstić information content (AvgIpc) is 2.26. The van der Waals surface area contributed by atoms with Crippen LogP contribution in [0.25, 0.3) is 6.08 Å². The van der Waals surface area contributed by atoms with Crippen molar-refractivity contribution in [2.75, 3.05) is 19.0 Å². The summed E-state index contributed by atoms with van der Waals surface area (Å²) in [5.41, 5.74) is 3.06. The van der Waals surface area contributed by atoms with Crippen LogP contribution in [0.15, 0.2) is 29.8 Å². The number of nitrogens with zero attached hydrogens (tertiary/aromatic N) is 1. The summed E-state index contributed by atoms with van der Waals surface area (Å²) in [6, 6.07) is 8.14. The molecule has 0 aliphatic rings. The third-order valence-corrected chi connectivity index (χ3v) is 2.32. The van der Waals surface area contributed by atoms with Gasteiger partial charge in [0, 0.05) is 19.8 Å². The lowest BCUT2D eigenvalue weighted by Crippen LogP contribution is -2.07. The lowest BCUT2D eigenvalue weighted by Gasteiger charge is -2.11. The number of anilines is 1. The highest BCUT2D eigenvalue weighted by Crippen LogP contribution is 2.14. The van der Waals surface area contributed by atoms with Crippen molar-refractivity contribution in [1.29, 1.82) is 0 Å². The van der Waals surface area contributed by atoms with Gasteiger partial charge in [0.05, 0.1) is 0 Å². The molecule has 0 radical (unpaired) electrons. The molecule has 2 heteroatoms. The van der Waals surface area contributed by atoms with Crippen LogP contribution < -0.4 is 4.90 Å². The highest BCUT2D eigenvalue weighted by molar-refractivity contribution is 5.81. The first-order valence-electron chi connectivity index (χ1n) is 5.10. The molecule has 0 aliphatic heterocycles. The van der Waals surface area contributed by atoms with E-state index in [9.17, 15) is 4.79 Å². The van der Waals surface area contributed by atoms with Gasteiger partial charge in [-0.15, -0.1) is 0 Å². The SMILES string of the molecule is CCC(C=O)=Cc1ccc(N(C)C)cc1. The van der Waals surface area contributed by atoms with Gasteiger partial charge in [-0.1, -0.05) is 19.1 Å². The smallest absolute Gasteiger partial charge is 0.146 e. The van der Waals surface area contributed by atoms with Gasteiger partial charge in [-0.3, -0.25) is 4.79 Å². The minimum absolute atomic E-state index is 0.777. The van der Waals surface area contributed by atoms with Crippen LogP contribution in [0.2, 0.25) is 0 Å². The average molecular weight is 203 g/mol. The highest BCUT2D eigenvalue weighted by Gasteiger charge is 1.95. The van der Waals surface area contributed by atoms with Crippen LogP contribution in [0.1, 0.15) is 18.9 Å². The molecule has 0 amide bonds. The molecule has 0 unspecified atom stereocenters. The standard InChI is InChI=1S/C13H17NO/c1-4-11(10-15)9-12-5-7-13(8-6-12)14(2)3/h5-10H,4H2,1-3H3. The van der Waals surface area contributed by atoms with E-state index in [1.165, 1.54) is 0 Å². The first-order valence-corrected chi connectivity index (χ1v) is 5.10. The van der Waals surface area contributed by atoms with E-state index in [1.54, 1.807) is 0 Å². The molecular formula is C13H17NO. The minimum atomic E-state index is 0.777. The second-order valence-electron chi connectivity index (χ2n) is 3.68. The van der Waals surface area contributed by atoms with Crippen LogP contribution >= 0.6 is 0 Å². The van der Waals surface area contributed by atoms with Gasteiger partial charge in [0.1, 0.15) is 6.29 Å². The summed E-state index contributed by atoms with van der Waals surface area (Å²) in [4.78, 5) is 12.7. The number of aldehydes is 1. The van der Waals surface area contributed by atoms with Crippen molar-refractivity contribution in [2.45, 2.75) is 13.3 Å². The Morgan fingerprint density at radius 2 is 1.87 bits per heavy atom. The van der Waals surface area contributed by atoms with Crippen LogP contribution in [0, 0.1) is 0 Å². The Hall–Kier alpha value is -1.57. The molecule has 0 fully saturated rings. The molecule has 0 heterocycles. The molecule has 0 saturated heterocycles. The van der Waals surface area contributed by atoms with Gasteiger partial charge in [0.15, 0.2) is 0 Å². The van der Waals surface area contributed by atoms with Crippen molar-refractivity contribution in [2.24, 2.45) is 0 Å². The molecule has 80 valence electrons. The van der Waals surface area contributed by atoms with Crippen LogP contribution in [0.3, 0.4) is 0 Å². The Morgan fingerprint density at radius 3 is 2.27 bits per heavy atom. The molecule has 1 aromatic carbocycles. The number of hydrogen-bond acceptors (Lipinski definition) is 2. The molecule has 1 aromatic rings. The second-order valence-corrected chi connectivity index (χ2v) is 3.68. The monoisotopic (exact) mass is 203 g/mol. The fourth-order valence-electron chi connectivity index (χ4n) is 1.30. The number of carbonyl (C=O) groups is 1. The molecule has 1 rings (SSSR count). The van der Waals surface area contributed by atoms with Gasteiger partial charge in [0.2, 0.25) is 0 Å². The first-order chi connectivity index (χ1) is 7.17. The quantitative estimate of drug-likeness (QED) is 0.554. The minimum Gasteiger partial charge on any atom is -0.378 e. The summed E-state index contributed by atoms with van der Waals surface area (Å²) in [7, 11) is 4.02. The van der Waals surface area contributed by atoms with Gasteiger partial charge >= 0.3 is 0 Å². The van der Waals surface area contributed by atoms with E-state index in [2.05, 4.69) is 0 Å². The predicted octanol–water partition coefficient (Wildman–Crippen LogP) is 2.74. The van der Waals surface area contributed by atoms with E-state index in [-0.39, 0.29) is 0 Å². The summed E-state index contributed by atoms with van der Waals surface area (Å²) >= 11 is 0. The highest BCUT2D eigenvalue weighted by atomic mass is 16.1.